The Morgan fingerprint density at radius 3 is 1.21 bits per heavy atom. The van der Waals surface area contributed by atoms with Crippen molar-refractivity contribution < 1.29 is 0 Å². The minimum atomic E-state index is -0.240. The summed E-state index contributed by atoms with van der Waals surface area (Å²) in [6.07, 6.45) is 11.7. The van der Waals surface area contributed by atoms with E-state index in [2.05, 4.69) is 83.4 Å². The molecular formula is C21H15BN6. The molecule has 6 aliphatic rings. The number of rotatable bonds is 3. The van der Waals surface area contributed by atoms with Gasteiger partial charge in [0.25, 0.3) is 0 Å². The van der Waals surface area contributed by atoms with Gasteiger partial charge < -0.3 is 13.4 Å². The van der Waals surface area contributed by atoms with Crippen molar-refractivity contribution in [1.82, 2.24) is 28.4 Å². The van der Waals surface area contributed by atoms with Crippen molar-refractivity contribution in [1.29, 1.82) is 0 Å². The van der Waals surface area contributed by atoms with Crippen LogP contribution >= 0.6 is 0 Å². The predicted molar refractivity (Wildman–Crippen MR) is 108 cm³/mol. The SMILES string of the molecule is c1cc2ccnc-2n(B(n2cccc3ccnc2-3)n2cccc3ccnc2-3)c1. The molecule has 0 atom stereocenters. The van der Waals surface area contributed by atoms with Crippen molar-refractivity contribution in [2.75, 3.05) is 0 Å². The van der Waals surface area contributed by atoms with Crippen LogP contribution in [-0.4, -0.2) is 35.5 Å². The van der Waals surface area contributed by atoms with E-state index in [1.807, 2.05) is 36.8 Å². The second kappa shape index (κ2) is 5.82. The van der Waals surface area contributed by atoms with Gasteiger partial charge in [0.2, 0.25) is 0 Å². The molecule has 0 N–H and O–H groups in total. The summed E-state index contributed by atoms with van der Waals surface area (Å²) < 4.78 is 6.49. The van der Waals surface area contributed by atoms with Crippen molar-refractivity contribution in [2.24, 2.45) is 0 Å². The van der Waals surface area contributed by atoms with Gasteiger partial charge in [0, 0.05) is 35.3 Å². The van der Waals surface area contributed by atoms with Gasteiger partial charge >= 0.3 is 7.12 Å². The quantitative estimate of drug-likeness (QED) is 0.453. The molecule has 0 aromatic rings. The molecule has 6 rings (SSSR count). The van der Waals surface area contributed by atoms with Crippen molar-refractivity contribution in [3.63, 3.8) is 0 Å². The molecule has 0 aromatic carbocycles. The minimum Gasteiger partial charge on any atom is -0.336 e. The number of nitrogens with zero attached hydrogens (tertiary/aromatic N) is 6. The summed E-state index contributed by atoms with van der Waals surface area (Å²) in [6.45, 7) is 0. The summed E-state index contributed by atoms with van der Waals surface area (Å²) in [4.78, 5) is 13.9. The molecule has 6 aliphatic heterocycles. The first-order valence-corrected chi connectivity index (χ1v) is 9.15. The van der Waals surface area contributed by atoms with E-state index in [0.717, 1.165) is 34.2 Å². The van der Waals surface area contributed by atoms with Gasteiger partial charge in [-0.15, -0.1) is 0 Å². The summed E-state index contributed by atoms with van der Waals surface area (Å²) in [5, 5.41) is 0. The molecule has 132 valence electrons. The second-order valence-electron chi connectivity index (χ2n) is 6.76. The number of fused-ring (bicyclic) bond motifs is 3. The minimum absolute atomic E-state index is 0.240. The fourth-order valence-electron chi connectivity index (χ4n) is 3.94. The van der Waals surface area contributed by atoms with E-state index in [1.54, 1.807) is 0 Å². The lowest BCUT2D eigenvalue weighted by Crippen LogP contribution is -2.43. The maximum Gasteiger partial charge on any atom is 0.521 e. The highest BCUT2D eigenvalue weighted by Gasteiger charge is 2.31. The zero-order chi connectivity index (χ0) is 18.5. The molecule has 0 bridgehead atoms. The molecule has 6 nitrogen and oxygen atoms in total. The van der Waals surface area contributed by atoms with Crippen LogP contribution in [0.25, 0.3) is 34.2 Å². The van der Waals surface area contributed by atoms with Gasteiger partial charge in [0.05, 0.1) is 0 Å². The van der Waals surface area contributed by atoms with Gasteiger partial charge in [-0.3, -0.25) is 0 Å². The van der Waals surface area contributed by atoms with Crippen LogP contribution in [0.5, 0.6) is 0 Å². The Bertz CT molecular complexity index is 1140. The fourth-order valence-corrected chi connectivity index (χ4v) is 3.94. The molecule has 0 aromatic heterocycles. The first-order valence-electron chi connectivity index (χ1n) is 9.15. The third-order valence-corrected chi connectivity index (χ3v) is 5.17. The van der Waals surface area contributed by atoms with Gasteiger partial charge in [-0.25, -0.2) is 15.0 Å². The summed E-state index contributed by atoms with van der Waals surface area (Å²) in [7, 11) is -0.240. The van der Waals surface area contributed by atoms with E-state index in [9.17, 15) is 0 Å². The largest absolute Gasteiger partial charge is 0.521 e. The van der Waals surface area contributed by atoms with E-state index in [1.165, 1.54) is 0 Å². The maximum absolute atomic E-state index is 4.62. The van der Waals surface area contributed by atoms with Crippen molar-refractivity contribution in [3.8, 4) is 34.2 Å². The first-order chi connectivity index (χ1) is 13.9. The number of aromatic nitrogens is 6. The van der Waals surface area contributed by atoms with Crippen LogP contribution in [0.4, 0.5) is 0 Å². The van der Waals surface area contributed by atoms with E-state index >= 15 is 0 Å². The zero-order valence-corrected chi connectivity index (χ0v) is 14.9. The Hall–Kier alpha value is -3.87. The van der Waals surface area contributed by atoms with E-state index in [4.69, 9.17) is 0 Å². The number of hydrogen-bond acceptors (Lipinski definition) is 3. The monoisotopic (exact) mass is 362 g/mol. The lowest BCUT2D eigenvalue weighted by molar-refractivity contribution is 0.916. The highest BCUT2D eigenvalue weighted by atomic mass is 15.2. The molecular weight excluding hydrogens is 347 g/mol. The smallest absolute Gasteiger partial charge is 0.336 e. The molecule has 6 heterocycles. The van der Waals surface area contributed by atoms with Crippen LogP contribution in [0.1, 0.15) is 0 Å². The summed E-state index contributed by atoms with van der Waals surface area (Å²) in [5.74, 6) is 2.75. The Morgan fingerprint density at radius 1 is 0.500 bits per heavy atom. The summed E-state index contributed by atoms with van der Waals surface area (Å²) >= 11 is 0. The summed E-state index contributed by atoms with van der Waals surface area (Å²) in [5.41, 5.74) is 3.29. The second-order valence-corrected chi connectivity index (χ2v) is 6.76. The Morgan fingerprint density at radius 2 is 0.857 bits per heavy atom. The molecule has 0 unspecified atom stereocenters. The van der Waals surface area contributed by atoms with E-state index < -0.39 is 0 Å². The lowest BCUT2D eigenvalue weighted by Gasteiger charge is -2.26. The molecule has 0 amide bonds. The molecule has 0 radical (unpaired) electrons. The third kappa shape index (κ3) is 2.13. The Labute approximate surface area is 161 Å². The molecule has 0 saturated carbocycles. The van der Waals surface area contributed by atoms with Gasteiger partial charge in [-0.1, -0.05) is 0 Å². The highest BCUT2D eigenvalue weighted by Crippen LogP contribution is 2.27. The third-order valence-electron chi connectivity index (χ3n) is 5.17. The maximum atomic E-state index is 4.62. The Kier molecular flexibility index (Phi) is 3.16. The first kappa shape index (κ1) is 15.2. The number of pyridine rings is 3. The van der Waals surface area contributed by atoms with Gasteiger partial charge in [-0.2, -0.15) is 0 Å². The fraction of sp³-hybridized carbons (Fsp3) is 0. The van der Waals surface area contributed by atoms with Crippen LogP contribution < -0.4 is 0 Å². The van der Waals surface area contributed by atoms with Crippen LogP contribution in [0.3, 0.4) is 0 Å². The van der Waals surface area contributed by atoms with Gasteiger partial charge in [0.15, 0.2) is 0 Å². The van der Waals surface area contributed by atoms with Crippen LogP contribution in [0, 0.1) is 0 Å². The standard InChI is InChI=1S/C21H15BN6/c1-4-16-7-10-23-19(16)26(13-1)22(27-14-2-5-17-8-11-24-20(17)27)28-15-3-6-18-9-12-25-21(18)28/h1-15H. The van der Waals surface area contributed by atoms with Crippen molar-refractivity contribution in [2.45, 2.75) is 0 Å². The van der Waals surface area contributed by atoms with Crippen LogP contribution in [-0.2, 0) is 0 Å². The average Bonchev–Trinajstić information content (AvgIpc) is 3.48. The molecule has 7 heteroatoms. The molecule has 28 heavy (non-hydrogen) atoms. The van der Waals surface area contributed by atoms with Crippen molar-refractivity contribution >= 4 is 7.12 Å². The molecule has 0 aliphatic carbocycles. The predicted octanol–water partition coefficient (Wildman–Crippen LogP) is 3.52. The van der Waals surface area contributed by atoms with Crippen LogP contribution in [0.15, 0.2) is 91.8 Å². The molecule has 0 saturated heterocycles. The van der Waals surface area contributed by atoms with Gasteiger partial charge in [-0.05, 0) is 73.2 Å². The lowest BCUT2D eigenvalue weighted by atomic mass is 9.87. The average molecular weight is 362 g/mol. The van der Waals surface area contributed by atoms with Gasteiger partial charge in [0.1, 0.15) is 17.5 Å². The Balaban J connectivity index is 1.68. The van der Waals surface area contributed by atoms with E-state index in [-0.39, 0.29) is 7.12 Å². The van der Waals surface area contributed by atoms with E-state index in [0.29, 0.717) is 0 Å². The molecule has 0 spiro atoms. The van der Waals surface area contributed by atoms with Crippen LogP contribution in [0.2, 0.25) is 0 Å². The normalized spacial score (nSPS) is 11.6. The molecule has 0 fully saturated rings. The zero-order valence-electron chi connectivity index (χ0n) is 14.9. The highest BCUT2D eigenvalue weighted by molar-refractivity contribution is 6.55. The van der Waals surface area contributed by atoms with Crippen molar-refractivity contribution in [3.05, 3.63) is 91.8 Å². The number of hydrogen-bond donors (Lipinski definition) is 0. The summed E-state index contributed by atoms with van der Waals surface area (Å²) in [6, 6.07) is 18.5. The topological polar surface area (TPSA) is 53.5 Å².